The molecule has 13 heavy (non-hydrogen) atoms. The van der Waals surface area contributed by atoms with Crippen molar-refractivity contribution >= 4 is 11.6 Å². The highest BCUT2D eigenvalue weighted by molar-refractivity contribution is 6.32. The molecule has 1 heteroatoms. The molecule has 71 valence electrons. The molecule has 0 aromatic heterocycles. The Bertz CT molecular complexity index is 278. The number of halogens is 1. The molecule has 0 aliphatic rings. The summed E-state index contributed by atoms with van der Waals surface area (Å²) < 4.78 is 0. The van der Waals surface area contributed by atoms with E-state index >= 15 is 0 Å². The second kappa shape index (κ2) is 4.66. The van der Waals surface area contributed by atoms with Crippen molar-refractivity contribution in [2.24, 2.45) is 0 Å². The van der Waals surface area contributed by atoms with Crippen LogP contribution in [0.15, 0.2) is 18.2 Å². The van der Waals surface area contributed by atoms with Crippen molar-refractivity contribution in [3.05, 3.63) is 40.3 Å². The molecule has 0 aliphatic carbocycles. The van der Waals surface area contributed by atoms with E-state index in [0.717, 1.165) is 17.0 Å². The first-order valence-electron chi connectivity index (χ1n) is 4.74. The Balaban J connectivity index is 2.93. The number of hydrogen-bond acceptors (Lipinski definition) is 0. The number of rotatable bonds is 3. The first-order chi connectivity index (χ1) is 6.16. The number of aryl methyl sites for hydroxylation is 1. The molecule has 0 saturated heterocycles. The summed E-state index contributed by atoms with van der Waals surface area (Å²) in [6, 6.07) is 6.21. The smallest absolute Gasteiger partial charge is 0.0473 e. The van der Waals surface area contributed by atoms with E-state index in [1.807, 2.05) is 13.0 Å². The van der Waals surface area contributed by atoms with Gasteiger partial charge in [0.1, 0.15) is 0 Å². The van der Waals surface area contributed by atoms with Crippen molar-refractivity contribution in [3.8, 4) is 0 Å². The van der Waals surface area contributed by atoms with Gasteiger partial charge in [0.25, 0.3) is 0 Å². The summed E-state index contributed by atoms with van der Waals surface area (Å²) in [5, 5.41) is 0.911. The van der Waals surface area contributed by atoms with E-state index < -0.39 is 0 Å². The molecule has 0 atom stereocenters. The Morgan fingerprint density at radius 1 is 1.38 bits per heavy atom. The molecule has 0 unspecified atom stereocenters. The highest BCUT2D eigenvalue weighted by atomic mass is 35.5. The van der Waals surface area contributed by atoms with Crippen molar-refractivity contribution in [1.29, 1.82) is 0 Å². The summed E-state index contributed by atoms with van der Waals surface area (Å²) in [4.78, 5) is 0. The molecule has 0 fully saturated rings. The summed E-state index contributed by atoms with van der Waals surface area (Å²) in [6.07, 6.45) is 2.30. The van der Waals surface area contributed by atoms with Gasteiger partial charge in [-0.25, -0.2) is 0 Å². The van der Waals surface area contributed by atoms with Crippen LogP contribution in [0.2, 0.25) is 5.02 Å². The monoisotopic (exact) mass is 195 g/mol. The Kier molecular flexibility index (Phi) is 3.80. The lowest BCUT2D eigenvalue weighted by Crippen LogP contribution is -1.96. The molecule has 0 heterocycles. The highest BCUT2D eigenvalue weighted by Crippen LogP contribution is 2.28. The molecular formula is C12H16Cl. The molecule has 0 nitrogen and oxygen atoms in total. The fourth-order valence-corrected chi connectivity index (χ4v) is 1.77. The number of benzene rings is 1. The van der Waals surface area contributed by atoms with Crippen LogP contribution in [0, 0.1) is 12.8 Å². The van der Waals surface area contributed by atoms with E-state index in [2.05, 4.69) is 26.0 Å². The van der Waals surface area contributed by atoms with E-state index in [1.54, 1.807) is 0 Å². The van der Waals surface area contributed by atoms with E-state index in [1.165, 1.54) is 17.9 Å². The molecule has 0 saturated carbocycles. The van der Waals surface area contributed by atoms with E-state index in [0.29, 0.717) is 0 Å². The molecule has 1 aromatic rings. The second-order valence-corrected chi connectivity index (χ2v) is 3.84. The van der Waals surface area contributed by atoms with Crippen LogP contribution < -0.4 is 0 Å². The van der Waals surface area contributed by atoms with Gasteiger partial charge in [-0.1, -0.05) is 50.1 Å². The molecule has 0 spiro atoms. The normalized spacial score (nSPS) is 10.8. The van der Waals surface area contributed by atoms with Crippen molar-refractivity contribution < 1.29 is 0 Å². The van der Waals surface area contributed by atoms with Crippen LogP contribution in [-0.4, -0.2) is 0 Å². The van der Waals surface area contributed by atoms with Gasteiger partial charge in [-0.2, -0.15) is 0 Å². The fraction of sp³-hybridized carbons (Fsp3) is 0.417. The zero-order valence-corrected chi connectivity index (χ0v) is 9.28. The van der Waals surface area contributed by atoms with Crippen molar-refractivity contribution in [3.63, 3.8) is 0 Å². The Morgan fingerprint density at radius 2 is 2.08 bits per heavy atom. The third-order valence-corrected chi connectivity index (χ3v) is 2.78. The van der Waals surface area contributed by atoms with Gasteiger partial charge < -0.3 is 0 Å². The third kappa shape index (κ3) is 2.47. The quantitative estimate of drug-likeness (QED) is 0.671. The average molecular weight is 196 g/mol. The van der Waals surface area contributed by atoms with Crippen molar-refractivity contribution in [2.75, 3.05) is 0 Å². The van der Waals surface area contributed by atoms with Crippen LogP contribution in [0.3, 0.4) is 0 Å². The van der Waals surface area contributed by atoms with Gasteiger partial charge in [-0.05, 0) is 24.5 Å². The number of hydrogen-bond donors (Lipinski definition) is 0. The highest BCUT2D eigenvalue weighted by Gasteiger charge is 2.09. The zero-order chi connectivity index (χ0) is 9.84. The van der Waals surface area contributed by atoms with E-state index in [-0.39, 0.29) is 0 Å². The summed E-state index contributed by atoms with van der Waals surface area (Å²) in [5.74, 6) is 1.39. The summed E-state index contributed by atoms with van der Waals surface area (Å²) in [7, 11) is 0. The maximum absolute atomic E-state index is 6.20. The van der Waals surface area contributed by atoms with Crippen molar-refractivity contribution in [1.82, 2.24) is 0 Å². The van der Waals surface area contributed by atoms with E-state index in [4.69, 9.17) is 11.6 Å². The first kappa shape index (κ1) is 10.6. The first-order valence-corrected chi connectivity index (χ1v) is 5.12. The summed E-state index contributed by atoms with van der Waals surface area (Å²) in [5.41, 5.74) is 2.37. The topological polar surface area (TPSA) is 0 Å². The molecule has 1 rings (SSSR count). The van der Waals surface area contributed by atoms with Gasteiger partial charge in [0.15, 0.2) is 0 Å². The molecular weight excluding hydrogens is 180 g/mol. The predicted octanol–water partition coefficient (Wildman–Crippen LogP) is 4.39. The SMILES string of the molecule is CCC[C](C)c1cccc(C)c1Cl. The van der Waals surface area contributed by atoms with Gasteiger partial charge in [0, 0.05) is 10.9 Å². The Morgan fingerprint density at radius 3 is 2.69 bits per heavy atom. The van der Waals surface area contributed by atoms with Crippen LogP contribution in [0.1, 0.15) is 37.8 Å². The predicted molar refractivity (Wildman–Crippen MR) is 59.1 cm³/mol. The minimum absolute atomic E-state index is 0.911. The van der Waals surface area contributed by atoms with Crippen LogP contribution in [0.5, 0.6) is 0 Å². The zero-order valence-electron chi connectivity index (χ0n) is 8.52. The van der Waals surface area contributed by atoms with Crippen LogP contribution in [0.25, 0.3) is 0 Å². The standard InChI is InChI=1S/C12H16Cl/c1-4-6-9(2)11-8-5-7-10(3)12(11)13/h5,7-8H,4,6H2,1-3H3. The molecule has 0 amide bonds. The molecule has 0 N–H and O–H groups in total. The minimum Gasteiger partial charge on any atom is -0.0837 e. The van der Waals surface area contributed by atoms with Crippen LogP contribution in [-0.2, 0) is 0 Å². The van der Waals surface area contributed by atoms with Gasteiger partial charge in [0.05, 0.1) is 0 Å². The Labute approximate surface area is 85.9 Å². The minimum atomic E-state index is 0.911. The third-order valence-electron chi connectivity index (χ3n) is 2.28. The van der Waals surface area contributed by atoms with Crippen molar-refractivity contribution in [2.45, 2.75) is 33.6 Å². The molecule has 0 aliphatic heterocycles. The van der Waals surface area contributed by atoms with Gasteiger partial charge in [-0.3, -0.25) is 0 Å². The van der Waals surface area contributed by atoms with Gasteiger partial charge in [0.2, 0.25) is 0 Å². The average Bonchev–Trinajstić information content (AvgIpc) is 2.10. The maximum atomic E-state index is 6.20. The lowest BCUT2D eigenvalue weighted by Gasteiger charge is -2.12. The second-order valence-electron chi connectivity index (χ2n) is 3.47. The summed E-state index contributed by atoms with van der Waals surface area (Å²) in [6.45, 7) is 6.39. The summed E-state index contributed by atoms with van der Waals surface area (Å²) >= 11 is 6.20. The lowest BCUT2D eigenvalue weighted by atomic mass is 9.95. The Hall–Kier alpha value is -0.490. The maximum Gasteiger partial charge on any atom is 0.0473 e. The fourth-order valence-electron chi connectivity index (χ4n) is 1.49. The van der Waals surface area contributed by atoms with Crippen LogP contribution >= 0.6 is 11.6 Å². The molecule has 1 radical (unpaired) electrons. The van der Waals surface area contributed by atoms with E-state index in [9.17, 15) is 0 Å². The molecule has 0 bridgehead atoms. The van der Waals surface area contributed by atoms with Gasteiger partial charge in [-0.15, -0.1) is 0 Å². The lowest BCUT2D eigenvalue weighted by molar-refractivity contribution is 0.828. The largest absolute Gasteiger partial charge is 0.0837 e. The molecule has 1 aromatic carbocycles. The van der Waals surface area contributed by atoms with Gasteiger partial charge >= 0.3 is 0 Å². The van der Waals surface area contributed by atoms with Crippen LogP contribution in [0.4, 0.5) is 0 Å².